The van der Waals surface area contributed by atoms with Crippen molar-refractivity contribution in [3.8, 4) is 0 Å². The molecule has 0 spiro atoms. The van der Waals surface area contributed by atoms with Crippen molar-refractivity contribution < 1.29 is 19.1 Å². The second-order valence-corrected chi connectivity index (χ2v) is 3.28. The quantitative estimate of drug-likeness (QED) is 0.601. The lowest BCUT2D eigenvalue weighted by Gasteiger charge is -2.24. The van der Waals surface area contributed by atoms with Crippen LogP contribution >= 0.6 is 0 Å². The van der Waals surface area contributed by atoms with Gasteiger partial charge in [-0.3, -0.25) is 4.79 Å². The minimum absolute atomic E-state index is 0.204. The van der Waals surface area contributed by atoms with Gasteiger partial charge in [0.15, 0.2) is 6.10 Å². The van der Waals surface area contributed by atoms with Crippen molar-refractivity contribution in [1.82, 2.24) is 0 Å². The van der Waals surface area contributed by atoms with E-state index in [1.165, 1.54) is 0 Å². The summed E-state index contributed by atoms with van der Waals surface area (Å²) in [7, 11) is 0. The van der Waals surface area contributed by atoms with Crippen LogP contribution in [0.1, 0.15) is 26.7 Å². The van der Waals surface area contributed by atoms with Gasteiger partial charge >= 0.3 is 11.9 Å². The zero-order valence-corrected chi connectivity index (χ0v) is 7.91. The highest BCUT2D eigenvalue weighted by molar-refractivity contribution is 5.80. The number of ether oxygens (including phenoxy) is 2. The van der Waals surface area contributed by atoms with E-state index in [-0.39, 0.29) is 11.9 Å². The molecule has 0 radical (unpaired) electrons. The maximum atomic E-state index is 11.2. The maximum Gasteiger partial charge on any atom is 0.347 e. The van der Waals surface area contributed by atoms with Gasteiger partial charge in [-0.1, -0.05) is 6.92 Å². The molecule has 0 aromatic heterocycles. The average Bonchev–Trinajstić information content (AvgIpc) is 2.03. The van der Waals surface area contributed by atoms with Crippen LogP contribution in [0.15, 0.2) is 0 Å². The Balaban J connectivity index is 2.49. The van der Waals surface area contributed by atoms with Crippen LogP contribution in [0.5, 0.6) is 0 Å². The first-order valence-electron chi connectivity index (χ1n) is 4.49. The zero-order valence-electron chi connectivity index (χ0n) is 7.91. The molecule has 13 heavy (non-hydrogen) atoms. The van der Waals surface area contributed by atoms with Crippen molar-refractivity contribution in [1.29, 1.82) is 0 Å². The number of carbonyl (C=O) groups is 2. The molecule has 2 unspecified atom stereocenters. The number of carbonyl (C=O) groups excluding carboxylic acids is 2. The lowest BCUT2D eigenvalue weighted by Crippen LogP contribution is -2.35. The van der Waals surface area contributed by atoms with Crippen molar-refractivity contribution in [2.24, 2.45) is 5.92 Å². The number of hydrogen-bond acceptors (Lipinski definition) is 4. The summed E-state index contributed by atoms with van der Waals surface area (Å²) >= 11 is 0. The number of cyclic esters (lactones) is 1. The number of esters is 2. The minimum Gasteiger partial charge on any atom is -0.463 e. The van der Waals surface area contributed by atoms with Gasteiger partial charge in [0, 0.05) is 6.42 Å². The smallest absolute Gasteiger partial charge is 0.347 e. The normalized spacial score (nSPS) is 28.0. The Morgan fingerprint density at radius 1 is 1.69 bits per heavy atom. The van der Waals surface area contributed by atoms with Crippen LogP contribution < -0.4 is 0 Å². The predicted octanol–water partition coefficient (Wildman–Crippen LogP) is 0.891. The molecule has 0 bridgehead atoms. The summed E-state index contributed by atoms with van der Waals surface area (Å²) < 4.78 is 9.62. The van der Waals surface area contributed by atoms with E-state index in [0.717, 1.165) is 0 Å². The van der Waals surface area contributed by atoms with Crippen LogP contribution in [-0.2, 0) is 19.1 Å². The van der Waals surface area contributed by atoms with Gasteiger partial charge in [0.1, 0.15) is 0 Å². The lowest BCUT2D eigenvalue weighted by molar-refractivity contribution is -0.173. The van der Waals surface area contributed by atoms with Gasteiger partial charge < -0.3 is 9.47 Å². The highest BCUT2D eigenvalue weighted by atomic mass is 16.6. The van der Waals surface area contributed by atoms with Crippen LogP contribution in [0.4, 0.5) is 0 Å². The van der Waals surface area contributed by atoms with E-state index >= 15 is 0 Å². The first-order chi connectivity index (χ1) is 6.13. The third kappa shape index (κ3) is 2.72. The molecule has 0 aliphatic carbocycles. The molecule has 74 valence electrons. The van der Waals surface area contributed by atoms with Crippen LogP contribution in [0.25, 0.3) is 0 Å². The molecule has 1 rings (SSSR count). The third-order valence-electron chi connectivity index (χ3n) is 1.95. The van der Waals surface area contributed by atoms with Gasteiger partial charge in [-0.05, 0) is 19.3 Å². The summed E-state index contributed by atoms with van der Waals surface area (Å²) in [6, 6.07) is 0. The highest BCUT2D eigenvalue weighted by Gasteiger charge is 2.31. The minimum atomic E-state index is -0.684. The van der Waals surface area contributed by atoms with Gasteiger partial charge in [-0.25, -0.2) is 4.79 Å². The Kier molecular flexibility index (Phi) is 3.28. The van der Waals surface area contributed by atoms with Crippen molar-refractivity contribution in [2.45, 2.75) is 32.8 Å². The predicted molar refractivity (Wildman–Crippen MR) is 44.9 cm³/mol. The Bertz CT molecular complexity index is 212. The van der Waals surface area contributed by atoms with Crippen LogP contribution in [0.2, 0.25) is 0 Å². The fraction of sp³-hybridized carbons (Fsp3) is 0.778. The summed E-state index contributed by atoms with van der Waals surface area (Å²) in [5.41, 5.74) is 0. The Labute approximate surface area is 77.2 Å². The van der Waals surface area contributed by atoms with Gasteiger partial charge in [0.05, 0.1) is 6.61 Å². The highest BCUT2D eigenvalue weighted by Crippen LogP contribution is 2.21. The van der Waals surface area contributed by atoms with Crippen molar-refractivity contribution in [3.63, 3.8) is 0 Å². The van der Waals surface area contributed by atoms with Gasteiger partial charge in [-0.2, -0.15) is 0 Å². The Morgan fingerprint density at radius 2 is 2.38 bits per heavy atom. The zero-order chi connectivity index (χ0) is 9.84. The van der Waals surface area contributed by atoms with Crippen molar-refractivity contribution in [2.75, 3.05) is 6.61 Å². The molecule has 1 saturated heterocycles. The van der Waals surface area contributed by atoms with E-state index in [2.05, 4.69) is 0 Å². The molecule has 4 nitrogen and oxygen atoms in total. The molecule has 0 N–H and O–H groups in total. The summed E-state index contributed by atoms with van der Waals surface area (Å²) in [5, 5.41) is 0. The monoisotopic (exact) mass is 186 g/mol. The van der Waals surface area contributed by atoms with Crippen LogP contribution in [-0.4, -0.2) is 24.6 Å². The third-order valence-corrected chi connectivity index (χ3v) is 1.95. The van der Waals surface area contributed by atoms with Crippen molar-refractivity contribution in [3.05, 3.63) is 0 Å². The first-order valence-corrected chi connectivity index (χ1v) is 4.49. The van der Waals surface area contributed by atoms with Crippen molar-refractivity contribution >= 4 is 11.9 Å². The summed E-state index contributed by atoms with van der Waals surface area (Å²) in [4.78, 5) is 22.2. The molecule has 0 amide bonds. The fourth-order valence-electron chi connectivity index (χ4n) is 1.37. The molecule has 0 saturated carbocycles. The molecule has 0 aromatic rings. The largest absolute Gasteiger partial charge is 0.463 e. The Morgan fingerprint density at radius 3 is 2.92 bits per heavy atom. The number of hydrogen-bond donors (Lipinski definition) is 0. The van der Waals surface area contributed by atoms with Crippen LogP contribution in [0, 0.1) is 5.92 Å². The molecule has 1 aliphatic rings. The Hall–Kier alpha value is -1.06. The molecule has 1 fully saturated rings. The molecule has 4 heteroatoms. The fourth-order valence-corrected chi connectivity index (χ4v) is 1.37. The molecule has 1 aliphatic heterocycles. The summed E-state index contributed by atoms with van der Waals surface area (Å²) in [5.74, 6) is -0.533. The van der Waals surface area contributed by atoms with Gasteiger partial charge in [0.2, 0.25) is 0 Å². The van der Waals surface area contributed by atoms with Crippen LogP contribution in [0.3, 0.4) is 0 Å². The topological polar surface area (TPSA) is 52.6 Å². The summed E-state index contributed by atoms with van der Waals surface area (Å²) in [6.07, 6.45) is 0.289. The standard InChI is InChI=1S/C9H14O4/c1-3-12-9(11)7-4-6(2)5-8(10)13-7/h6-7H,3-5H2,1-2H3. The van der Waals surface area contributed by atoms with E-state index in [1.54, 1.807) is 6.92 Å². The average molecular weight is 186 g/mol. The molecular formula is C9H14O4. The van der Waals surface area contributed by atoms with Gasteiger partial charge in [0.25, 0.3) is 0 Å². The van der Waals surface area contributed by atoms with E-state index < -0.39 is 12.1 Å². The second kappa shape index (κ2) is 4.25. The maximum absolute atomic E-state index is 11.2. The van der Waals surface area contributed by atoms with E-state index in [9.17, 15) is 9.59 Å². The second-order valence-electron chi connectivity index (χ2n) is 3.28. The molecule has 0 aromatic carbocycles. The van der Waals surface area contributed by atoms with E-state index in [4.69, 9.17) is 9.47 Å². The van der Waals surface area contributed by atoms with E-state index in [0.29, 0.717) is 19.4 Å². The molecule has 2 atom stereocenters. The lowest BCUT2D eigenvalue weighted by atomic mass is 9.97. The first kappa shape index (κ1) is 10.0. The SMILES string of the molecule is CCOC(=O)C1CC(C)CC(=O)O1. The van der Waals surface area contributed by atoms with E-state index in [1.807, 2.05) is 6.92 Å². The van der Waals surface area contributed by atoms with Gasteiger partial charge in [-0.15, -0.1) is 0 Å². The number of rotatable bonds is 2. The summed E-state index contributed by atoms with van der Waals surface area (Å²) in [6.45, 7) is 3.97. The molecular weight excluding hydrogens is 172 g/mol. The molecule has 1 heterocycles.